The molecule has 0 bridgehead atoms. The smallest absolute Gasteiger partial charge is 0.315 e. The number of hydrogen-bond donors (Lipinski definition) is 0. The quantitative estimate of drug-likeness (QED) is 0.734. The number of ether oxygens (including phenoxy) is 1. The molecule has 0 unspecified atom stereocenters. The molecule has 0 amide bonds. The van der Waals surface area contributed by atoms with Crippen LogP contribution in [-0.2, 0) is 11.2 Å². The van der Waals surface area contributed by atoms with Crippen LogP contribution in [0.1, 0.15) is 5.56 Å². The molecule has 0 saturated carbocycles. The molecule has 1 aromatic carbocycles. The fourth-order valence-electron chi connectivity index (χ4n) is 1.34. The van der Waals surface area contributed by atoms with Gasteiger partial charge in [-0.15, -0.1) is 0 Å². The number of hydrogen-bond acceptors (Lipinski definition) is 3. The van der Waals surface area contributed by atoms with Crippen LogP contribution in [0.3, 0.4) is 0 Å². The van der Waals surface area contributed by atoms with Crippen LogP contribution in [0.25, 0.3) is 0 Å². The maximum absolute atomic E-state index is 11.5. The minimum absolute atomic E-state index is 0.274. The Kier molecular flexibility index (Phi) is 3.28. The molecule has 0 saturated heterocycles. The number of aromatic nitrogens is 1. The van der Waals surface area contributed by atoms with Gasteiger partial charge in [0.15, 0.2) is 0 Å². The molecule has 2 aromatic rings. The van der Waals surface area contributed by atoms with Gasteiger partial charge in [-0.25, -0.2) is 0 Å². The molecule has 0 aliphatic carbocycles. The lowest BCUT2D eigenvalue weighted by Gasteiger charge is -2.03. The lowest BCUT2D eigenvalue weighted by Crippen LogP contribution is -2.11. The van der Waals surface area contributed by atoms with Crippen LogP contribution in [0.2, 0.25) is 0 Å². The van der Waals surface area contributed by atoms with E-state index in [9.17, 15) is 4.79 Å². The topological polar surface area (TPSA) is 39.2 Å². The highest BCUT2D eigenvalue weighted by molar-refractivity contribution is 5.74. The van der Waals surface area contributed by atoms with Crippen molar-refractivity contribution in [1.29, 1.82) is 0 Å². The minimum Gasteiger partial charge on any atom is -0.425 e. The van der Waals surface area contributed by atoms with E-state index in [1.54, 1.807) is 18.3 Å². The monoisotopic (exact) mass is 213 g/mol. The van der Waals surface area contributed by atoms with Gasteiger partial charge in [-0.2, -0.15) is 0 Å². The van der Waals surface area contributed by atoms with Crippen molar-refractivity contribution in [3.63, 3.8) is 0 Å². The lowest BCUT2D eigenvalue weighted by atomic mass is 10.2. The molecule has 3 nitrogen and oxygen atoms in total. The predicted molar refractivity (Wildman–Crippen MR) is 60.0 cm³/mol. The van der Waals surface area contributed by atoms with E-state index >= 15 is 0 Å². The first kappa shape index (κ1) is 10.4. The van der Waals surface area contributed by atoms with Gasteiger partial charge in [0.1, 0.15) is 5.75 Å². The van der Waals surface area contributed by atoms with E-state index in [-0.39, 0.29) is 12.4 Å². The van der Waals surface area contributed by atoms with Gasteiger partial charge < -0.3 is 4.74 Å². The summed E-state index contributed by atoms with van der Waals surface area (Å²) in [4.78, 5) is 15.4. The van der Waals surface area contributed by atoms with Crippen molar-refractivity contribution in [1.82, 2.24) is 4.98 Å². The van der Waals surface area contributed by atoms with Gasteiger partial charge in [-0.3, -0.25) is 9.78 Å². The van der Waals surface area contributed by atoms with Crippen LogP contribution in [0.5, 0.6) is 5.75 Å². The van der Waals surface area contributed by atoms with Crippen LogP contribution < -0.4 is 4.74 Å². The van der Waals surface area contributed by atoms with E-state index in [1.807, 2.05) is 30.3 Å². The highest BCUT2D eigenvalue weighted by Gasteiger charge is 2.05. The largest absolute Gasteiger partial charge is 0.425 e. The van der Waals surface area contributed by atoms with Gasteiger partial charge in [-0.1, -0.05) is 30.3 Å². The molecule has 0 aliphatic heterocycles. The molecule has 2 rings (SSSR count). The third kappa shape index (κ3) is 2.92. The highest BCUT2D eigenvalue weighted by atomic mass is 16.5. The zero-order valence-electron chi connectivity index (χ0n) is 8.67. The molecular formula is C13H11NO2. The van der Waals surface area contributed by atoms with E-state index in [1.165, 1.54) is 6.20 Å². The Hall–Kier alpha value is -2.16. The molecular weight excluding hydrogens is 202 g/mol. The Bertz CT molecular complexity index is 410. The number of carbonyl (C=O) groups excluding carboxylic acids is 1. The minimum atomic E-state index is -0.279. The van der Waals surface area contributed by atoms with Gasteiger partial charge in [-0.05, 0) is 17.7 Å². The Labute approximate surface area is 93.7 Å². The van der Waals surface area contributed by atoms with Gasteiger partial charge in [0.25, 0.3) is 0 Å². The number of rotatable bonds is 3. The number of carbonyl (C=O) groups is 1. The van der Waals surface area contributed by atoms with Crippen LogP contribution >= 0.6 is 0 Å². The van der Waals surface area contributed by atoms with E-state index in [4.69, 9.17) is 4.74 Å². The second-order valence-electron chi connectivity index (χ2n) is 3.33. The van der Waals surface area contributed by atoms with E-state index in [0.717, 1.165) is 5.56 Å². The van der Waals surface area contributed by atoms with Crippen LogP contribution in [0, 0.1) is 0 Å². The second kappa shape index (κ2) is 5.07. The standard InChI is InChI=1S/C13H11NO2/c15-13(9-11-5-2-1-3-6-11)16-12-7-4-8-14-10-12/h1-8,10H,9H2. The Morgan fingerprint density at radius 1 is 1.12 bits per heavy atom. The van der Waals surface area contributed by atoms with Gasteiger partial charge in [0.05, 0.1) is 12.6 Å². The maximum Gasteiger partial charge on any atom is 0.315 e. The molecule has 1 aromatic heterocycles. The molecule has 16 heavy (non-hydrogen) atoms. The third-order valence-electron chi connectivity index (χ3n) is 2.06. The van der Waals surface area contributed by atoms with Gasteiger partial charge in [0, 0.05) is 6.20 Å². The van der Waals surface area contributed by atoms with E-state index < -0.39 is 0 Å². The molecule has 0 atom stereocenters. The first-order valence-corrected chi connectivity index (χ1v) is 4.99. The van der Waals surface area contributed by atoms with Crippen LogP contribution in [-0.4, -0.2) is 11.0 Å². The average Bonchev–Trinajstić information content (AvgIpc) is 2.31. The van der Waals surface area contributed by atoms with Crippen molar-refractivity contribution in [3.8, 4) is 5.75 Å². The SMILES string of the molecule is O=C(Cc1ccccc1)Oc1cccnc1. The Balaban J connectivity index is 1.95. The molecule has 0 fully saturated rings. The zero-order valence-corrected chi connectivity index (χ0v) is 8.67. The summed E-state index contributed by atoms with van der Waals surface area (Å²) in [5.74, 6) is 0.197. The van der Waals surface area contributed by atoms with Crippen LogP contribution in [0.15, 0.2) is 54.9 Å². The third-order valence-corrected chi connectivity index (χ3v) is 2.06. The summed E-state index contributed by atoms with van der Waals surface area (Å²) < 4.78 is 5.12. The zero-order chi connectivity index (χ0) is 11.2. The average molecular weight is 213 g/mol. The summed E-state index contributed by atoms with van der Waals surface area (Å²) in [6.45, 7) is 0. The van der Waals surface area contributed by atoms with Gasteiger partial charge in [0.2, 0.25) is 0 Å². The van der Waals surface area contributed by atoms with Crippen molar-refractivity contribution in [3.05, 3.63) is 60.4 Å². The summed E-state index contributed by atoms with van der Waals surface area (Å²) in [6, 6.07) is 12.9. The molecule has 0 radical (unpaired) electrons. The Morgan fingerprint density at radius 3 is 2.62 bits per heavy atom. The first-order valence-electron chi connectivity index (χ1n) is 4.99. The molecule has 0 spiro atoms. The van der Waals surface area contributed by atoms with Crippen molar-refractivity contribution in [2.24, 2.45) is 0 Å². The molecule has 1 heterocycles. The summed E-state index contributed by atoms with van der Waals surface area (Å²) in [5, 5.41) is 0. The summed E-state index contributed by atoms with van der Waals surface area (Å²) >= 11 is 0. The van der Waals surface area contributed by atoms with Gasteiger partial charge >= 0.3 is 5.97 Å². The number of esters is 1. The maximum atomic E-state index is 11.5. The van der Waals surface area contributed by atoms with Crippen molar-refractivity contribution < 1.29 is 9.53 Å². The Morgan fingerprint density at radius 2 is 1.94 bits per heavy atom. The molecule has 0 aliphatic rings. The highest BCUT2D eigenvalue weighted by Crippen LogP contribution is 2.08. The number of benzene rings is 1. The molecule has 0 N–H and O–H groups in total. The van der Waals surface area contributed by atoms with E-state index in [2.05, 4.69) is 4.98 Å². The second-order valence-corrected chi connectivity index (χ2v) is 3.33. The fourth-order valence-corrected chi connectivity index (χ4v) is 1.34. The van der Waals surface area contributed by atoms with Crippen LogP contribution in [0.4, 0.5) is 0 Å². The van der Waals surface area contributed by atoms with Crippen molar-refractivity contribution >= 4 is 5.97 Å². The van der Waals surface area contributed by atoms with E-state index in [0.29, 0.717) is 5.75 Å². The normalized spacial score (nSPS) is 9.75. The fraction of sp³-hybridized carbons (Fsp3) is 0.0769. The van der Waals surface area contributed by atoms with Crippen molar-refractivity contribution in [2.45, 2.75) is 6.42 Å². The summed E-state index contributed by atoms with van der Waals surface area (Å²) in [5.41, 5.74) is 0.941. The summed E-state index contributed by atoms with van der Waals surface area (Å²) in [7, 11) is 0. The van der Waals surface area contributed by atoms with Crippen molar-refractivity contribution in [2.75, 3.05) is 0 Å². The number of pyridine rings is 1. The first-order chi connectivity index (χ1) is 7.84. The molecule has 3 heteroatoms. The summed E-state index contributed by atoms with van der Waals surface area (Å²) in [6.07, 6.45) is 3.42. The molecule has 80 valence electrons. The number of nitrogens with zero attached hydrogens (tertiary/aromatic N) is 1. The predicted octanol–water partition coefficient (Wildman–Crippen LogP) is 2.23. The lowest BCUT2D eigenvalue weighted by molar-refractivity contribution is -0.133.